The second-order valence-electron chi connectivity index (χ2n) is 3.26. The van der Waals surface area contributed by atoms with Gasteiger partial charge in [0.15, 0.2) is 0 Å². The van der Waals surface area contributed by atoms with Crippen LogP contribution in [0, 0.1) is 0 Å². The van der Waals surface area contributed by atoms with Gasteiger partial charge in [0.25, 0.3) is 0 Å². The summed E-state index contributed by atoms with van der Waals surface area (Å²) in [5.41, 5.74) is 0. The summed E-state index contributed by atoms with van der Waals surface area (Å²) in [5.74, 6) is 0.626. The van der Waals surface area contributed by atoms with Gasteiger partial charge in [-0.15, -0.1) is 0 Å². The van der Waals surface area contributed by atoms with Crippen LogP contribution in [0.5, 0.6) is 0 Å². The molecule has 0 fully saturated rings. The molecule has 0 heterocycles. The zero-order valence-corrected chi connectivity index (χ0v) is 8.83. The van der Waals surface area contributed by atoms with E-state index < -0.39 is 12.7 Å². The van der Waals surface area contributed by atoms with Crippen molar-refractivity contribution in [3.8, 4) is 0 Å². The second kappa shape index (κ2) is 5.75. The molecule has 0 aliphatic heterocycles. The largest absolute Gasteiger partial charge is 0.401 e. The van der Waals surface area contributed by atoms with Crippen LogP contribution >= 0.6 is 12.6 Å². The summed E-state index contributed by atoms with van der Waals surface area (Å²) in [6, 6.07) is -0.0680. The van der Waals surface area contributed by atoms with E-state index in [2.05, 4.69) is 12.6 Å². The lowest BCUT2D eigenvalue weighted by Gasteiger charge is -2.27. The zero-order chi connectivity index (χ0) is 10.5. The number of hydrogen-bond acceptors (Lipinski definition) is 2. The zero-order valence-electron chi connectivity index (χ0n) is 7.93. The average molecular weight is 215 g/mol. The first-order valence-electron chi connectivity index (χ1n) is 4.28. The fourth-order valence-corrected chi connectivity index (χ4v) is 1.17. The molecule has 0 saturated carbocycles. The summed E-state index contributed by atoms with van der Waals surface area (Å²) < 4.78 is 36.1. The van der Waals surface area contributed by atoms with Crippen molar-refractivity contribution < 1.29 is 13.2 Å². The van der Waals surface area contributed by atoms with Crippen LogP contribution in [0.1, 0.15) is 20.3 Å². The standard InChI is InChI=1S/C8H16F3NS/c1-7(2)12(4-3-5-13)6-8(9,10)11/h7,13H,3-6H2,1-2H3. The fraction of sp³-hybridized carbons (Fsp3) is 1.00. The van der Waals surface area contributed by atoms with E-state index in [1.807, 2.05) is 0 Å². The Kier molecular flexibility index (Phi) is 5.80. The van der Waals surface area contributed by atoms with Crippen molar-refractivity contribution in [3.63, 3.8) is 0 Å². The van der Waals surface area contributed by atoms with Crippen LogP contribution in [0.3, 0.4) is 0 Å². The van der Waals surface area contributed by atoms with E-state index in [4.69, 9.17) is 0 Å². The van der Waals surface area contributed by atoms with Gasteiger partial charge in [-0.1, -0.05) is 0 Å². The Morgan fingerprint density at radius 1 is 1.31 bits per heavy atom. The molecular formula is C8H16F3NS. The third-order valence-electron chi connectivity index (χ3n) is 1.72. The van der Waals surface area contributed by atoms with Crippen molar-refractivity contribution in [1.29, 1.82) is 0 Å². The number of alkyl halides is 3. The van der Waals surface area contributed by atoms with Gasteiger partial charge in [-0.2, -0.15) is 25.8 Å². The quantitative estimate of drug-likeness (QED) is 0.690. The molecule has 0 rings (SSSR count). The monoisotopic (exact) mass is 215 g/mol. The molecule has 0 aromatic rings. The molecule has 0 bridgehead atoms. The lowest BCUT2D eigenvalue weighted by atomic mass is 10.3. The molecule has 0 saturated heterocycles. The third kappa shape index (κ3) is 7.19. The van der Waals surface area contributed by atoms with Crippen molar-refractivity contribution in [3.05, 3.63) is 0 Å². The Hall–Kier alpha value is 0.100. The van der Waals surface area contributed by atoms with E-state index in [1.54, 1.807) is 13.8 Å². The maximum absolute atomic E-state index is 12.0. The van der Waals surface area contributed by atoms with E-state index in [-0.39, 0.29) is 6.04 Å². The van der Waals surface area contributed by atoms with Gasteiger partial charge >= 0.3 is 6.18 Å². The smallest absolute Gasteiger partial charge is 0.293 e. The predicted octanol–water partition coefficient (Wildman–Crippen LogP) is 2.58. The molecule has 5 heteroatoms. The first-order valence-corrected chi connectivity index (χ1v) is 4.91. The van der Waals surface area contributed by atoms with Crippen molar-refractivity contribution in [2.45, 2.75) is 32.5 Å². The van der Waals surface area contributed by atoms with Gasteiger partial charge in [-0.25, -0.2) is 0 Å². The number of halogens is 3. The Labute approximate surface area is 82.7 Å². The molecule has 0 unspecified atom stereocenters. The molecule has 0 spiro atoms. The van der Waals surface area contributed by atoms with Crippen LogP contribution in [0.4, 0.5) is 13.2 Å². The Morgan fingerprint density at radius 2 is 1.85 bits per heavy atom. The van der Waals surface area contributed by atoms with Gasteiger partial charge < -0.3 is 0 Å². The van der Waals surface area contributed by atoms with Gasteiger partial charge in [0.1, 0.15) is 0 Å². The number of hydrogen-bond donors (Lipinski definition) is 1. The van der Waals surface area contributed by atoms with Crippen LogP contribution < -0.4 is 0 Å². The summed E-state index contributed by atoms with van der Waals surface area (Å²) in [6.07, 6.45) is -3.40. The van der Waals surface area contributed by atoms with Crippen LogP contribution in [0.25, 0.3) is 0 Å². The van der Waals surface area contributed by atoms with E-state index in [1.165, 1.54) is 4.90 Å². The lowest BCUT2D eigenvalue weighted by molar-refractivity contribution is -0.149. The highest BCUT2D eigenvalue weighted by atomic mass is 32.1. The fourth-order valence-electron chi connectivity index (χ4n) is 1.02. The van der Waals surface area contributed by atoms with Crippen molar-refractivity contribution in [2.75, 3.05) is 18.8 Å². The van der Waals surface area contributed by atoms with Gasteiger partial charge in [-0.3, -0.25) is 4.90 Å². The van der Waals surface area contributed by atoms with Crippen molar-refractivity contribution >= 4 is 12.6 Å². The van der Waals surface area contributed by atoms with Crippen LogP contribution in [-0.4, -0.2) is 36.0 Å². The van der Waals surface area contributed by atoms with E-state index in [0.29, 0.717) is 18.7 Å². The molecule has 0 N–H and O–H groups in total. The lowest BCUT2D eigenvalue weighted by Crippen LogP contribution is -2.39. The first kappa shape index (κ1) is 13.1. The third-order valence-corrected chi connectivity index (χ3v) is 2.03. The molecule has 0 aliphatic rings. The van der Waals surface area contributed by atoms with E-state index in [9.17, 15) is 13.2 Å². The highest BCUT2D eigenvalue weighted by Gasteiger charge is 2.31. The van der Waals surface area contributed by atoms with Crippen LogP contribution in [-0.2, 0) is 0 Å². The molecule has 1 nitrogen and oxygen atoms in total. The minimum absolute atomic E-state index is 0.0680. The number of rotatable bonds is 5. The maximum Gasteiger partial charge on any atom is 0.401 e. The maximum atomic E-state index is 12.0. The van der Waals surface area contributed by atoms with Crippen LogP contribution in [0.15, 0.2) is 0 Å². The van der Waals surface area contributed by atoms with E-state index in [0.717, 1.165) is 0 Å². The normalized spacial score (nSPS) is 12.9. The Morgan fingerprint density at radius 3 is 2.15 bits per heavy atom. The molecule has 80 valence electrons. The predicted molar refractivity (Wildman–Crippen MR) is 51.2 cm³/mol. The van der Waals surface area contributed by atoms with E-state index >= 15 is 0 Å². The molecule has 0 aromatic heterocycles. The second-order valence-corrected chi connectivity index (χ2v) is 3.70. The summed E-state index contributed by atoms with van der Waals surface area (Å²) in [5, 5.41) is 0. The molecule has 0 amide bonds. The highest BCUT2D eigenvalue weighted by molar-refractivity contribution is 7.80. The van der Waals surface area contributed by atoms with Gasteiger partial charge in [0.05, 0.1) is 6.54 Å². The summed E-state index contributed by atoms with van der Waals surface area (Å²) in [7, 11) is 0. The summed E-state index contributed by atoms with van der Waals surface area (Å²) in [6.45, 7) is 3.17. The highest BCUT2D eigenvalue weighted by Crippen LogP contribution is 2.18. The van der Waals surface area contributed by atoms with Crippen molar-refractivity contribution in [1.82, 2.24) is 4.90 Å². The molecule has 13 heavy (non-hydrogen) atoms. The molecule has 0 aliphatic carbocycles. The molecular weight excluding hydrogens is 199 g/mol. The minimum Gasteiger partial charge on any atom is -0.293 e. The molecule has 0 atom stereocenters. The molecule has 0 aromatic carbocycles. The van der Waals surface area contributed by atoms with Crippen LogP contribution in [0.2, 0.25) is 0 Å². The topological polar surface area (TPSA) is 3.24 Å². The summed E-state index contributed by atoms with van der Waals surface area (Å²) in [4.78, 5) is 1.41. The average Bonchev–Trinajstić information content (AvgIpc) is 1.95. The van der Waals surface area contributed by atoms with Gasteiger partial charge in [0.2, 0.25) is 0 Å². The Balaban J connectivity index is 3.95. The number of thiol groups is 1. The van der Waals surface area contributed by atoms with Gasteiger partial charge in [-0.05, 0) is 32.6 Å². The Bertz CT molecular complexity index is 136. The SMILES string of the molecule is CC(C)N(CCCS)CC(F)(F)F. The van der Waals surface area contributed by atoms with Gasteiger partial charge in [0, 0.05) is 6.04 Å². The summed E-state index contributed by atoms with van der Waals surface area (Å²) >= 11 is 3.97. The van der Waals surface area contributed by atoms with Crippen molar-refractivity contribution in [2.24, 2.45) is 0 Å². The molecule has 0 radical (unpaired) electrons. The minimum atomic E-state index is -4.10. The first-order chi connectivity index (χ1) is 5.87. The number of nitrogens with zero attached hydrogens (tertiary/aromatic N) is 1.